The molecule has 3 amide bonds. The molecule has 1 aliphatic rings. The van der Waals surface area contributed by atoms with Gasteiger partial charge in [-0.25, -0.2) is 9.48 Å². The maximum atomic E-state index is 11.6. The van der Waals surface area contributed by atoms with Gasteiger partial charge in [-0.05, 0) is 6.92 Å². The van der Waals surface area contributed by atoms with E-state index in [1.807, 2.05) is 0 Å². The van der Waals surface area contributed by atoms with Crippen molar-refractivity contribution < 1.29 is 19.1 Å². The third kappa shape index (κ3) is 3.06. The van der Waals surface area contributed by atoms with Crippen molar-refractivity contribution in [3.05, 3.63) is 11.9 Å². The average Bonchev–Trinajstić information content (AvgIpc) is 2.77. The van der Waals surface area contributed by atoms with Crippen molar-refractivity contribution in [2.75, 3.05) is 13.2 Å². The van der Waals surface area contributed by atoms with Crippen LogP contribution < -0.4 is 10.6 Å². The van der Waals surface area contributed by atoms with Gasteiger partial charge in [0.05, 0.1) is 12.3 Å². The quantitative estimate of drug-likeness (QED) is 0.660. The first-order valence-corrected chi connectivity index (χ1v) is 5.74. The van der Waals surface area contributed by atoms with Crippen LogP contribution in [0, 0.1) is 0 Å². The lowest BCUT2D eigenvalue weighted by Crippen LogP contribution is -2.51. The minimum absolute atomic E-state index is 0.0679. The van der Waals surface area contributed by atoms with E-state index in [4.69, 9.17) is 4.74 Å². The van der Waals surface area contributed by atoms with E-state index in [0.29, 0.717) is 5.69 Å². The third-order valence-electron chi connectivity index (χ3n) is 2.53. The molecule has 1 aliphatic heterocycles. The van der Waals surface area contributed by atoms with Crippen LogP contribution in [-0.4, -0.2) is 46.1 Å². The Hall–Kier alpha value is -2.45. The van der Waals surface area contributed by atoms with Gasteiger partial charge in [0.15, 0.2) is 0 Å². The highest BCUT2D eigenvalue weighted by atomic mass is 16.5. The minimum Gasteiger partial charge on any atom is -0.465 e. The molecule has 1 saturated heterocycles. The highest BCUT2D eigenvalue weighted by molar-refractivity contribution is 6.00. The van der Waals surface area contributed by atoms with Gasteiger partial charge in [-0.2, -0.15) is 0 Å². The number of nitrogens with zero attached hydrogens (tertiary/aromatic N) is 3. The van der Waals surface area contributed by atoms with Crippen LogP contribution in [-0.2, 0) is 20.9 Å². The summed E-state index contributed by atoms with van der Waals surface area (Å²) in [6, 6.07) is -0.528. The fourth-order valence-electron chi connectivity index (χ4n) is 1.66. The van der Waals surface area contributed by atoms with Crippen LogP contribution in [0.5, 0.6) is 0 Å². The van der Waals surface area contributed by atoms with Crippen LogP contribution in [0.1, 0.15) is 18.5 Å². The SMILES string of the molecule is CCOC(=O)Cn1cc(C2CNC(=O)NC2=O)nn1. The lowest BCUT2D eigenvalue weighted by Gasteiger charge is -2.19. The number of ether oxygens (including phenoxy) is 1. The Labute approximate surface area is 108 Å². The third-order valence-corrected chi connectivity index (χ3v) is 2.53. The van der Waals surface area contributed by atoms with E-state index in [1.54, 1.807) is 6.92 Å². The van der Waals surface area contributed by atoms with Gasteiger partial charge in [0.2, 0.25) is 5.91 Å². The number of esters is 1. The van der Waals surface area contributed by atoms with E-state index in [0.717, 1.165) is 0 Å². The molecule has 2 N–H and O–H groups in total. The zero-order valence-corrected chi connectivity index (χ0v) is 10.3. The summed E-state index contributed by atoms with van der Waals surface area (Å²) in [4.78, 5) is 33.8. The zero-order valence-electron chi connectivity index (χ0n) is 10.3. The van der Waals surface area contributed by atoms with Gasteiger partial charge in [-0.15, -0.1) is 5.10 Å². The largest absolute Gasteiger partial charge is 0.465 e. The van der Waals surface area contributed by atoms with Crippen molar-refractivity contribution >= 4 is 17.9 Å². The number of carbonyl (C=O) groups excluding carboxylic acids is 3. The van der Waals surface area contributed by atoms with Crippen LogP contribution in [0.3, 0.4) is 0 Å². The van der Waals surface area contributed by atoms with E-state index >= 15 is 0 Å². The molecule has 1 aromatic rings. The minimum atomic E-state index is -0.603. The molecule has 1 atom stereocenters. The Morgan fingerprint density at radius 1 is 1.58 bits per heavy atom. The summed E-state index contributed by atoms with van der Waals surface area (Å²) in [6.07, 6.45) is 1.48. The van der Waals surface area contributed by atoms with Crippen molar-refractivity contribution in [1.82, 2.24) is 25.6 Å². The molecule has 9 nitrogen and oxygen atoms in total. The number of hydrogen-bond donors (Lipinski definition) is 2. The molecule has 19 heavy (non-hydrogen) atoms. The number of hydrogen-bond acceptors (Lipinski definition) is 6. The standard InChI is InChI=1S/C10H13N5O4/c1-2-19-8(16)5-15-4-7(13-14-15)6-3-11-10(18)12-9(6)17/h4,6H,2-3,5H2,1H3,(H2,11,12,17,18). The maximum Gasteiger partial charge on any atom is 0.327 e. The van der Waals surface area contributed by atoms with Crippen LogP contribution >= 0.6 is 0 Å². The molecule has 2 rings (SSSR count). The summed E-state index contributed by atoms with van der Waals surface area (Å²) in [5.41, 5.74) is 0.391. The lowest BCUT2D eigenvalue weighted by molar-refractivity contribution is -0.144. The van der Waals surface area contributed by atoms with Gasteiger partial charge in [-0.1, -0.05) is 5.21 Å². The zero-order chi connectivity index (χ0) is 13.8. The molecule has 1 aromatic heterocycles. The molecule has 2 heterocycles. The fourth-order valence-corrected chi connectivity index (χ4v) is 1.66. The molecule has 1 fully saturated rings. The second-order valence-corrected chi connectivity index (χ2v) is 3.90. The van der Waals surface area contributed by atoms with Gasteiger partial charge in [0.1, 0.15) is 12.5 Å². The fraction of sp³-hybridized carbons (Fsp3) is 0.500. The highest BCUT2D eigenvalue weighted by Crippen LogP contribution is 2.14. The summed E-state index contributed by atoms with van der Waals surface area (Å²) in [7, 11) is 0. The van der Waals surface area contributed by atoms with E-state index < -0.39 is 23.8 Å². The molecular formula is C10H13N5O4. The summed E-state index contributed by atoms with van der Waals surface area (Å²) in [6.45, 7) is 2.08. The molecule has 0 aliphatic carbocycles. The van der Waals surface area contributed by atoms with Gasteiger partial charge in [0, 0.05) is 12.7 Å². The Morgan fingerprint density at radius 3 is 3.05 bits per heavy atom. The van der Waals surface area contributed by atoms with E-state index in [2.05, 4.69) is 20.9 Å². The lowest BCUT2D eigenvalue weighted by atomic mass is 10.0. The van der Waals surface area contributed by atoms with Gasteiger partial charge in [-0.3, -0.25) is 14.9 Å². The predicted molar refractivity (Wildman–Crippen MR) is 60.9 cm³/mol. The number of imide groups is 1. The highest BCUT2D eigenvalue weighted by Gasteiger charge is 2.29. The molecule has 0 radical (unpaired) electrons. The Kier molecular flexibility index (Phi) is 3.74. The van der Waals surface area contributed by atoms with E-state index in [-0.39, 0.29) is 19.7 Å². The van der Waals surface area contributed by atoms with Gasteiger partial charge >= 0.3 is 12.0 Å². The molecule has 0 spiro atoms. The Bertz CT molecular complexity index is 512. The van der Waals surface area contributed by atoms with Crippen LogP contribution in [0.4, 0.5) is 4.79 Å². The van der Waals surface area contributed by atoms with Gasteiger partial charge < -0.3 is 10.1 Å². The van der Waals surface area contributed by atoms with Crippen molar-refractivity contribution in [2.24, 2.45) is 0 Å². The van der Waals surface area contributed by atoms with Crippen molar-refractivity contribution in [3.63, 3.8) is 0 Å². The van der Waals surface area contributed by atoms with E-state index in [1.165, 1.54) is 10.9 Å². The second-order valence-electron chi connectivity index (χ2n) is 3.90. The van der Waals surface area contributed by atoms with Crippen LogP contribution in [0.25, 0.3) is 0 Å². The topological polar surface area (TPSA) is 115 Å². The molecule has 0 bridgehead atoms. The number of rotatable bonds is 4. The summed E-state index contributed by atoms with van der Waals surface area (Å²) >= 11 is 0. The molecule has 1 unspecified atom stereocenters. The summed E-state index contributed by atoms with van der Waals surface area (Å²) < 4.78 is 6.06. The summed E-state index contributed by atoms with van der Waals surface area (Å²) in [5.74, 6) is -1.47. The first kappa shape index (κ1) is 13.0. The van der Waals surface area contributed by atoms with Crippen LogP contribution in [0.2, 0.25) is 0 Å². The Morgan fingerprint density at radius 2 is 2.37 bits per heavy atom. The van der Waals surface area contributed by atoms with E-state index in [9.17, 15) is 14.4 Å². The predicted octanol–water partition coefficient (Wildman–Crippen LogP) is -1.24. The van der Waals surface area contributed by atoms with Crippen molar-refractivity contribution in [2.45, 2.75) is 19.4 Å². The molecule has 0 aromatic carbocycles. The Balaban J connectivity index is 2.02. The van der Waals surface area contributed by atoms with Crippen molar-refractivity contribution in [1.29, 1.82) is 0 Å². The number of nitrogens with one attached hydrogen (secondary N) is 2. The average molecular weight is 267 g/mol. The normalized spacial score (nSPS) is 18.7. The summed E-state index contributed by atoms with van der Waals surface area (Å²) in [5, 5.41) is 12.2. The number of amides is 3. The number of carbonyl (C=O) groups is 3. The number of aromatic nitrogens is 3. The number of urea groups is 1. The molecule has 0 saturated carbocycles. The van der Waals surface area contributed by atoms with Crippen molar-refractivity contribution in [3.8, 4) is 0 Å². The first-order chi connectivity index (χ1) is 9.10. The maximum absolute atomic E-state index is 11.6. The monoisotopic (exact) mass is 267 g/mol. The molecular weight excluding hydrogens is 254 g/mol. The smallest absolute Gasteiger partial charge is 0.327 e. The van der Waals surface area contributed by atoms with Gasteiger partial charge in [0.25, 0.3) is 0 Å². The molecule has 102 valence electrons. The van der Waals surface area contributed by atoms with Crippen LogP contribution in [0.15, 0.2) is 6.20 Å². The first-order valence-electron chi connectivity index (χ1n) is 5.74. The molecule has 9 heteroatoms. The second kappa shape index (κ2) is 5.46.